The number of rotatable bonds is 6. The third-order valence-corrected chi connectivity index (χ3v) is 4.76. The summed E-state index contributed by atoms with van der Waals surface area (Å²) < 4.78 is 5.10. The van der Waals surface area contributed by atoms with Gasteiger partial charge >= 0.3 is 0 Å². The van der Waals surface area contributed by atoms with Crippen LogP contribution < -0.4 is 15.0 Å². The monoisotopic (exact) mass is 330 g/mol. The molecule has 1 atom stereocenters. The first-order valence-electron chi connectivity index (χ1n) is 7.45. The number of benzene rings is 1. The summed E-state index contributed by atoms with van der Waals surface area (Å²) >= 11 is 1.69. The highest BCUT2D eigenvalue weighted by molar-refractivity contribution is 7.09. The lowest BCUT2D eigenvalue weighted by atomic mass is 10.2. The van der Waals surface area contributed by atoms with Crippen LogP contribution >= 0.6 is 11.3 Å². The Bertz CT molecular complexity index is 682. The number of amides is 2. The highest BCUT2D eigenvalue weighted by Crippen LogP contribution is 2.25. The molecule has 0 saturated carbocycles. The van der Waals surface area contributed by atoms with Crippen molar-refractivity contribution in [2.75, 3.05) is 18.6 Å². The van der Waals surface area contributed by atoms with Crippen molar-refractivity contribution in [3.05, 3.63) is 46.7 Å². The van der Waals surface area contributed by atoms with Crippen molar-refractivity contribution >= 4 is 28.8 Å². The number of thiophene rings is 1. The Balaban J connectivity index is 1.62. The zero-order valence-electron chi connectivity index (χ0n) is 12.8. The summed E-state index contributed by atoms with van der Waals surface area (Å²) in [5, 5.41) is 5.23. The summed E-state index contributed by atoms with van der Waals surface area (Å²) in [4.78, 5) is 27.2. The molecule has 2 aromatic rings. The van der Waals surface area contributed by atoms with E-state index in [-0.39, 0.29) is 18.2 Å². The molecule has 0 radical (unpaired) electrons. The molecule has 1 aliphatic rings. The smallest absolute Gasteiger partial charge is 0.251 e. The number of methoxy groups -OCH3 is 1. The number of hydrogen-bond acceptors (Lipinski definition) is 5. The molecule has 2 amide bonds. The fourth-order valence-electron chi connectivity index (χ4n) is 2.62. The maximum atomic E-state index is 12.5. The zero-order valence-corrected chi connectivity index (χ0v) is 13.6. The Kier molecular flexibility index (Phi) is 4.73. The number of hydrogen-bond donors (Lipinski definition) is 1. The summed E-state index contributed by atoms with van der Waals surface area (Å²) in [7, 11) is 1.58. The van der Waals surface area contributed by atoms with Gasteiger partial charge < -0.3 is 10.1 Å². The predicted octanol–water partition coefficient (Wildman–Crippen LogP) is 2.22. The average molecular weight is 330 g/mol. The van der Waals surface area contributed by atoms with Crippen LogP contribution in [0, 0.1) is 0 Å². The van der Waals surface area contributed by atoms with Crippen molar-refractivity contribution in [2.24, 2.45) is 0 Å². The number of nitrogens with one attached hydrogen (secondary N) is 1. The van der Waals surface area contributed by atoms with Crippen molar-refractivity contribution in [1.29, 1.82) is 0 Å². The van der Waals surface area contributed by atoms with Crippen molar-refractivity contribution in [2.45, 2.75) is 18.9 Å². The molecule has 120 valence electrons. The van der Waals surface area contributed by atoms with Crippen LogP contribution in [0.1, 0.15) is 11.3 Å². The maximum Gasteiger partial charge on any atom is 0.251 e. The molecule has 1 aromatic carbocycles. The van der Waals surface area contributed by atoms with Gasteiger partial charge in [-0.25, -0.2) is 4.90 Å². The predicted molar refractivity (Wildman–Crippen MR) is 89.9 cm³/mol. The van der Waals surface area contributed by atoms with Crippen LogP contribution in [-0.4, -0.2) is 31.5 Å². The second kappa shape index (κ2) is 6.93. The minimum absolute atomic E-state index is 0.172. The average Bonchev–Trinajstić information content (AvgIpc) is 3.17. The molecular formula is C17H18N2O3S. The summed E-state index contributed by atoms with van der Waals surface area (Å²) in [6.07, 6.45) is 1.06. The minimum atomic E-state index is -0.440. The SMILES string of the molecule is COc1ccc(N2C(=O)C[C@H](NCCc3cccs3)C2=O)cc1. The van der Waals surface area contributed by atoms with Crippen LogP contribution in [0.3, 0.4) is 0 Å². The molecule has 0 unspecified atom stereocenters. The third-order valence-electron chi connectivity index (χ3n) is 3.82. The van der Waals surface area contributed by atoms with Crippen LogP contribution in [0.15, 0.2) is 41.8 Å². The van der Waals surface area contributed by atoms with E-state index in [0.29, 0.717) is 18.0 Å². The summed E-state index contributed by atoms with van der Waals surface area (Å²) in [6, 6.07) is 10.6. The van der Waals surface area contributed by atoms with E-state index in [1.807, 2.05) is 11.4 Å². The van der Waals surface area contributed by atoms with Crippen molar-refractivity contribution in [1.82, 2.24) is 5.32 Å². The Morgan fingerprint density at radius 1 is 1.26 bits per heavy atom. The molecule has 1 saturated heterocycles. The van der Waals surface area contributed by atoms with E-state index in [4.69, 9.17) is 4.74 Å². The van der Waals surface area contributed by atoms with E-state index >= 15 is 0 Å². The van der Waals surface area contributed by atoms with Crippen LogP contribution in [0.5, 0.6) is 5.75 Å². The topological polar surface area (TPSA) is 58.6 Å². The van der Waals surface area contributed by atoms with Crippen LogP contribution in [0.2, 0.25) is 0 Å². The summed E-state index contributed by atoms with van der Waals surface area (Å²) in [6.45, 7) is 0.681. The van der Waals surface area contributed by atoms with Gasteiger partial charge in [0.25, 0.3) is 5.91 Å². The van der Waals surface area contributed by atoms with Gasteiger partial charge in [-0.05, 0) is 42.1 Å². The molecule has 3 rings (SSSR count). The molecule has 0 spiro atoms. The Morgan fingerprint density at radius 3 is 2.70 bits per heavy atom. The van der Waals surface area contributed by atoms with Gasteiger partial charge in [-0.3, -0.25) is 9.59 Å². The van der Waals surface area contributed by atoms with Crippen LogP contribution in [0.4, 0.5) is 5.69 Å². The second-order valence-corrected chi connectivity index (χ2v) is 6.34. The van der Waals surface area contributed by atoms with E-state index in [2.05, 4.69) is 11.4 Å². The summed E-state index contributed by atoms with van der Waals surface area (Å²) in [5.74, 6) is 0.332. The molecule has 1 N–H and O–H groups in total. The van der Waals surface area contributed by atoms with Gasteiger partial charge in [0.15, 0.2) is 0 Å². The molecule has 2 heterocycles. The maximum absolute atomic E-state index is 12.5. The zero-order chi connectivity index (χ0) is 16.2. The highest BCUT2D eigenvalue weighted by atomic mass is 32.1. The van der Waals surface area contributed by atoms with Gasteiger partial charge in [-0.15, -0.1) is 11.3 Å². The normalized spacial score (nSPS) is 17.8. The summed E-state index contributed by atoms with van der Waals surface area (Å²) in [5.41, 5.74) is 0.586. The van der Waals surface area contributed by atoms with E-state index in [1.54, 1.807) is 42.7 Å². The molecule has 0 bridgehead atoms. The van der Waals surface area contributed by atoms with E-state index in [1.165, 1.54) is 9.78 Å². The fourth-order valence-corrected chi connectivity index (χ4v) is 3.33. The van der Waals surface area contributed by atoms with Gasteiger partial charge in [0, 0.05) is 11.4 Å². The number of ether oxygens (including phenoxy) is 1. The van der Waals surface area contributed by atoms with Crippen molar-refractivity contribution in [3.8, 4) is 5.75 Å². The van der Waals surface area contributed by atoms with Crippen LogP contribution in [0.25, 0.3) is 0 Å². The number of nitrogens with zero attached hydrogens (tertiary/aromatic N) is 1. The molecule has 1 aromatic heterocycles. The largest absolute Gasteiger partial charge is 0.497 e. The number of imide groups is 1. The second-order valence-electron chi connectivity index (χ2n) is 5.31. The van der Waals surface area contributed by atoms with Gasteiger partial charge in [0.2, 0.25) is 5.91 Å². The fraction of sp³-hybridized carbons (Fsp3) is 0.294. The molecule has 6 heteroatoms. The Morgan fingerprint density at radius 2 is 2.04 bits per heavy atom. The van der Waals surface area contributed by atoms with Gasteiger partial charge in [-0.2, -0.15) is 0 Å². The Hall–Kier alpha value is -2.18. The lowest BCUT2D eigenvalue weighted by Crippen LogP contribution is -2.39. The minimum Gasteiger partial charge on any atom is -0.497 e. The molecular weight excluding hydrogens is 312 g/mol. The van der Waals surface area contributed by atoms with Gasteiger partial charge in [0.1, 0.15) is 5.75 Å². The van der Waals surface area contributed by atoms with E-state index in [0.717, 1.165) is 6.42 Å². The van der Waals surface area contributed by atoms with E-state index < -0.39 is 6.04 Å². The number of anilines is 1. The molecule has 0 aliphatic carbocycles. The number of carbonyl (C=O) groups is 2. The quantitative estimate of drug-likeness (QED) is 0.825. The van der Waals surface area contributed by atoms with Crippen molar-refractivity contribution in [3.63, 3.8) is 0 Å². The molecule has 23 heavy (non-hydrogen) atoms. The number of carbonyl (C=O) groups excluding carboxylic acids is 2. The first-order valence-corrected chi connectivity index (χ1v) is 8.33. The first kappa shape index (κ1) is 15.7. The van der Waals surface area contributed by atoms with Crippen LogP contribution in [-0.2, 0) is 16.0 Å². The lowest BCUT2D eigenvalue weighted by molar-refractivity contribution is -0.121. The highest BCUT2D eigenvalue weighted by Gasteiger charge is 2.39. The van der Waals surface area contributed by atoms with Gasteiger partial charge in [0.05, 0.1) is 25.3 Å². The van der Waals surface area contributed by atoms with Gasteiger partial charge in [-0.1, -0.05) is 6.07 Å². The molecule has 5 nitrogen and oxygen atoms in total. The molecule has 1 fully saturated rings. The Labute approximate surface area is 138 Å². The van der Waals surface area contributed by atoms with E-state index in [9.17, 15) is 9.59 Å². The third kappa shape index (κ3) is 3.43. The molecule has 1 aliphatic heterocycles. The first-order chi connectivity index (χ1) is 11.2. The standard InChI is InChI=1S/C17H18N2O3S/c1-22-13-6-4-12(5-7-13)19-16(20)11-15(17(19)21)18-9-8-14-3-2-10-23-14/h2-7,10,15,18H,8-9,11H2,1H3/t15-/m0/s1. The lowest BCUT2D eigenvalue weighted by Gasteiger charge is -2.15. The van der Waals surface area contributed by atoms with Crippen molar-refractivity contribution < 1.29 is 14.3 Å².